The maximum absolute atomic E-state index is 12.0. The third kappa shape index (κ3) is 3.79. The number of rotatable bonds is 6. The lowest BCUT2D eigenvalue weighted by atomic mass is 9.98. The van der Waals surface area contributed by atoms with Gasteiger partial charge in [-0.05, 0) is 42.5 Å². The van der Waals surface area contributed by atoms with E-state index < -0.39 is 5.54 Å². The lowest BCUT2D eigenvalue weighted by Gasteiger charge is -2.23. The van der Waals surface area contributed by atoms with Crippen molar-refractivity contribution in [3.63, 3.8) is 0 Å². The highest BCUT2D eigenvalue weighted by Gasteiger charge is 2.43. The first kappa shape index (κ1) is 14.0. The maximum Gasteiger partial charge on any atom is 0.276 e. The van der Waals surface area contributed by atoms with Crippen molar-refractivity contribution in [3.8, 4) is 6.07 Å². The quantitative estimate of drug-likeness (QED) is 0.799. The van der Waals surface area contributed by atoms with E-state index >= 15 is 0 Å². The van der Waals surface area contributed by atoms with Gasteiger partial charge < -0.3 is 10.2 Å². The SMILES string of the molecule is C[NH+](CC(=O)N[C@@](C)(C#N)C1CC1)Cc1ccsc1. The molecule has 2 atom stereocenters. The van der Waals surface area contributed by atoms with Crippen LogP contribution in [0.3, 0.4) is 0 Å². The van der Waals surface area contributed by atoms with Crippen LogP contribution in [0.25, 0.3) is 0 Å². The fourth-order valence-corrected chi connectivity index (χ4v) is 2.96. The molecule has 1 heterocycles. The van der Waals surface area contributed by atoms with Crippen LogP contribution in [0.4, 0.5) is 0 Å². The average Bonchev–Trinajstić information content (AvgIpc) is 3.10. The third-order valence-electron chi connectivity index (χ3n) is 3.57. The van der Waals surface area contributed by atoms with Crippen LogP contribution in [-0.2, 0) is 11.3 Å². The second-order valence-corrected chi connectivity index (χ2v) is 6.36. The molecule has 0 bridgehead atoms. The predicted molar refractivity (Wildman–Crippen MR) is 74.7 cm³/mol. The van der Waals surface area contributed by atoms with Crippen molar-refractivity contribution in [2.24, 2.45) is 5.92 Å². The minimum atomic E-state index is -0.681. The Balaban J connectivity index is 1.82. The molecule has 4 nitrogen and oxygen atoms in total. The topological polar surface area (TPSA) is 57.3 Å². The molecular formula is C14H20N3OS+. The van der Waals surface area contributed by atoms with Crippen molar-refractivity contribution in [2.45, 2.75) is 31.8 Å². The van der Waals surface area contributed by atoms with Gasteiger partial charge in [-0.2, -0.15) is 16.6 Å². The molecule has 5 heteroatoms. The monoisotopic (exact) mass is 278 g/mol. The summed E-state index contributed by atoms with van der Waals surface area (Å²) in [6.45, 7) is 3.07. The molecule has 0 saturated heterocycles. The van der Waals surface area contributed by atoms with Gasteiger partial charge in [0.25, 0.3) is 5.91 Å². The number of carbonyl (C=O) groups is 1. The first-order chi connectivity index (χ1) is 9.03. The number of nitrogens with zero attached hydrogens (tertiary/aromatic N) is 1. The summed E-state index contributed by atoms with van der Waals surface area (Å²) in [6, 6.07) is 4.33. The summed E-state index contributed by atoms with van der Waals surface area (Å²) in [6.07, 6.45) is 2.09. The molecule has 0 spiro atoms. The number of thiophene rings is 1. The second-order valence-electron chi connectivity index (χ2n) is 5.58. The number of nitrogens with one attached hydrogen (secondary N) is 2. The van der Waals surface area contributed by atoms with Gasteiger partial charge in [-0.25, -0.2) is 0 Å². The van der Waals surface area contributed by atoms with Crippen LogP contribution in [0.15, 0.2) is 16.8 Å². The molecule has 1 fully saturated rings. The molecule has 0 aliphatic heterocycles. The zero-order chi connectivity index (χ0) is 13.9. The number of hydrogen-bond acceptors (Lipinski definition) is 3. The van der Waals surface area contributed by atoms with Crippen LogP contribution in [0, 0.1) is 17.2 Å². The van der Waals surface area contributed by atoms with Gasteiger partial charge in [0.2, 0.25) is 0 Å². The van der Waals surface area contributed by atoms with E-state index in [0.29, 0.717) is 12.5 Å². The molecule has 1 saturated carbocycles. The van der Waals surface area contributed by atoms with Gasteiger partial charge in [-0.3, -0.25) is 4.79 Å². The standard InChI is InChI=1S/C14H19N3OS/c1-14(10-15,12-3-4-12)16-13(18)8-17(2)7-11-5-6-19-9-11/h5-6,9,12H,3-4,7-8H2,1-2H3,(H,16,18)/p+1/t14-/m0/s1. The molecule has 0 aromatic carbocycles. The average molecular weight is 278 g/mol. The van der Waals surface area contributed by atoms with E-state index in [1.807, 2.05) is 19.4 Å². The van der Waals surface area contributed by atoms with E-state index in [-0.39, 0.29) is 5.91 Å². The van der Waals surface area contributed by atoms with Gasteiger partial charge in [0.15, 0.2) is 6.54 Å². The first-order valence-corrected chi connectivity index (χ1v) is 7.52. The van der Waals surface area contributed by atoms with Crippen LogP contribution in [0.5, 0.6) is 0 Å². The van der Waals surface area contributed by atoms with Crippen molar-refractivity contribution >= 4 is 17.2 Å². The summed E-state index contributed by atoms with van der Waals surface area (Å²) >= 11 is 1.67. The number of hydrogen-bond donors (Lipinski definition) is 2. The molecule has 1 aromatic heterocycles. The molecule has 102 valence electrons. The van der Waals surface area contributed by atoms with Crippen LogP contribution >= 0.6 is 11.3 Å². The second kappa shape index (κ2) is 5.72. The number of quaternary nitrogens is 1. The zero-order valence-electron chi connectivity index (χ0n) is 11.4. The zero-order valence-corrected chi connectivity index (χ0v) is 12.2. The Hall–Kier alpha value is -1.38. The number of amides is 1. The minimum Gasteiger partial charge on any atom is -0.333 e. The third-order valence-corrected chi connectivity index (χ3v) is 4.31. The molecule has 1 aliphatic rings. The van der Waals surface area contributed by atoms with Gasteiger partial charge in [-0.15, -0.1) is 0 Å². The van der Waals surface area contributed by atoms with E-state index in [1.54, 1.807) is 11.3 Å². The molecule has 19 heavy (non-hydrogen) atoms. The number of nitriles is 1. The molecule has 1 amide bonds. The highest BCUT2D eigenvalue weighted by atomic mass is 32.1. The fraction of sp³-hybridized carbons (Fsp3) is 0.571. The van der Waals surface area contributed by atoms with E-state index in [2.05, 4.69) is 22.8 Å². The largest absolute Gasteiger partial charge is 0.333 e. The highest BCUT2D eigenvalue weighted by Crippen LogP contribution is 2.39. The van der Waals surface area contributed by atoms with Crippen molar-refractivity contribution in [2.75, 3.05) is 13.6 Å². The summed E-state index contributed by atoms with van der Waals surface area (Å²) in [5.41, 5.74) is 0.570. The Morgan fingerprint density at radius 3 is 2.95 bits per heavy atom. The van der Waals surface area contributed by atoms with Gasteiger partial charge in [0, 0.05) is 5.56 Å². The van der Waals surface area contributed by atoms with Crippen LogP contribution in [0.1, 0.15) is 25.3 Å². The molecule has 1 aromatic rings. The van der Waals surface area contributed by atoms with E-state index in [0.717, 1.165) is 24.3 Å². The van der Waals surface area contributed by atoms with Gasteiger partial charge in [0.1, 0.15) is 12.1 Å². The van der Waals surface area contributed by atoms with Crippen LogP contribution in [-0.4, -0.2) is 25.0 Å². The Morgan fingerprint density at radius 2 is 2.42 bits per heavy atom. The summed E-state index contributed by atoms with van der Waals surface area (Å²) in [7, 11) is 2.00. The van der Waals surface area contributed by atoms with Crippen LogP contribution < -0.4 is 10.2 Å². The van der Waals surface area contributed by atoms with Gasteiger partial charge in [0.05, 0.1) is 13.1 Å². The predicted octanol–water partition coefficient (Wildman–Crippen LogP) is 0.571. The van der Waals surface area contributed by atoms with Gasteiger partial charge in [-0.1, -0.05) is 0 Å². The minimum absolute atomic E-state index is 0.0383. The smallest absolute Gasteiger partial charge is 0.276 e. The summed E-state index contributed by atoms with van der Waals surface area (Å²) in [5, 5.41) is 16.3. The Kier molecular flexibility index (Phi) is 4.23. The van der Waals surface area contributed by atoms with E-state index in [1.165, 1.54) is 5.56 Å². The Morgan fingerprint density at radius 1 is 1.68 bits per heavy atom. The lowest BCUT2D eigenvalue weighted by Crippen LogP contribution is -3.09. The lowest BCUT2D eigenvalue weighted by molar-refractivity contribution is -0.885. The van der Waals surface area contributed by atoms with Crippen molar-refractivity contribution in [1.82, 2.24) is 5.32 Å². The number of carbonyl (C=O) groups excluding carboxylic acids is 1. The van der Waals surface area contributed by atoms with Gasteiger partial charge >= 0.3 is 0 Å². The first-order valence-electron chi connectivity index (χ1n) is 6.58. The molecular weight excluding hydrogens is 258 g/mol. The number of likely N-dealkylation sites (N-methyl/N-ethyl adjacent to an activating group) is 1. The van der Waals surface area contributed by atoms with E-state index in [4.69, 9.17) is 0 Å². The van der Waals surface area contributed by atoms with Crippen molar-refractivity contribution < 1.29 is 9.69 Å². The molecule has 2 N–H and O–H groups in total. The summed E-state index contributed by atoms with van der Waals surface area (Å²) < 4.78 is 0. The maximum atomic E-state index is 12.0. The van der Waals surface area contributed by atoms with Crippen LogP contribution in [0.2, 0.25) is 0 Å². The Bertz CT molecular complexity index is 475. The molecule has 1 aliphatic carbocycles. The van der Waals surface area contributed by atoms with Crippen molar-refractivity contribution in [1.29, 1.82) is 5.26 Å². The highest BCUT2D eigenvalue weighted by molar-refractivity contribution is 7.07. The molecule has 2 rings (SSSR count). The Labute approximate surface area is 118 Å². The van der Waals surface area contributed by atoms with E-state index in [9.17, 15) is 10.1 Å². The summed E-state index contributed by atoms with van der Waals surface area (Å²) in [4.78, 5) is 13.1. The molecule has 1 unspecified atom stereocenters. The normalized spacial score (nSPS) is 19.2. The molecule has 0 radical (unpaired) electrons. The van der Waals surface area contributed by atoms with Crippen molar-refractivity contribution in [3.05, 3.63) is 22.4 Å². The summed E-state index contributed by atoms with van der Waals surface area (Å²) in [5.74, 6) is 0.294. The fourth-order valence-electron chi connectivity index (χ4n) is 2.29.